The maximum absolute atomic E-state index is 12.0. The lowest BCUT2D eigenvalue weighted by Gasteiger charge is -2.18. The third-order valence-corrected chi connectivity index (χ3v) is 2.83. The molecule has 1 rings (SSSR count). The standard InChI is InChI=1S/C13H18N2O3/c1-3-15(4-2)12(16)10-7-5-9(6-8-10)11(14)13(17)18/h5-8,11H,3-4,14H2,1-2H3,(H,17,18)/t11-/m0/s1. The van der Waals surface area contributed by atoms with Gasteiger partial charge >= 0.3 is 5.97 Å². The topological polar surface area (TPSA) is 83.6 Å². The molecule has 0 aliphatic heterocycles. The Balaban J connectivity index is 2.89. The molecule has 0 aromatic heterocycles. The van der Waals surface area contributed by atoms with Gasteiger partial charge in [0.2, 0.25) is 0 Å². The summed E-state index contributed by atoms with van der Waals surface area (Å²) in [6, 6.07) is 5.32. The molecule has 0 saturated carbocycles. The number of nitrogens with two attached hydrogens (primary N) is 1. The SMILES string of the molecule is CCN(CC)C(=O)c1ccc([C@H](N)C(=O)O)cc1. The fourth-order valence-electron chi connectivity index (χ4n) is 1.67. The van der Waals surface area contributed by atoms with E-state index in [1.165, 1.54) is 0 Å². The van der Waals surface area contributed by atoms with Gasteiger partial charge in [0.1, 0.15) is 6.04 Å². The molecule has 3 N–H and O–H groups in total. The van der Waals surface area contributed by atoms with Crippen molar-refractivity contribution in [2.75, 3.05) is 13.1 Å². The van der Waals surface area contributed by atoms with E-state index in [2.05, 4.69) is 0 Å². The average molecular weight is 250 g/mol. The number of benzene rings is 1. The zero-order valence-corrected chi connectivity index (χ0v) is 10.6. The van der Waals surface area contributed by atoms with Crippen molar-refractivity contribution in [1.82, 2.24) is 4.90 Å². The molecule has 1 amide bonds. The molecule has 0 unspecified atom stereocenters. The number of carbonyl (C=O) groups is 2. The third-order valence-electron chi connectivity index (χ3n) is 2.83. The van der Waals surface area contributed by atoms with E-state index in [1.54, 1.807) is 29.2 Å². The van der Waals surface area contributed by atoms with Crippen LogP contribution in [-0.4, -0.2) is 35.0 Å². The second-order valence-electron chi connectivity index (χ2n) is 3.92. The normalized spacial score (nSPS) is 11.9. The molecule has 0 aliphatic rings. The molecule has 0 spiro atoms. The van der Waals surface area contributed by atoms with Crippen LogP contribution in [0.1, 0.15) is 35.8 Å². The van der Waals surface area contributed by atoms with E-state index in [9.17, 15) is 9.59 Å². The molecular weight excluding hydrogens is 232 g/mol. The highest BCUT2D eigenvalue weighted by Gasteiger charge is 2.16. The van der Waals surface area contributed by atoms with Crippen LogP contribution in [0, 0.1) is 0 Å². The quantitative estimate of drug-likeness (QED) is 0.823. The van der Waals surface area contributed by atoms with Crippen molar-refractivity contribution in [1.29, 1.82) is 0 Å². The Hall–Kier alpha value is -1.88. The minimum atomic E-state index is -1.09. The number of carboxylic acids is 1. The fraction of sp³-hybridized carbons (Fsp3) is 0.385. The van der Waals surface area contributed by atoms with Gasteiger partial charge in [0, 0.05) is 18.7 Å². The van der Waals surface area contributed by atoms with E-state index in [1.807, 2.05) is 13.8 Å². The van der Waals surface area contributed by atoms with E-state index in [4.69, 9.17) is 10.8 Å². The predicted molar refractivity (Wildman–Crippen MR) is 68.3 cm³/mol. The first-order valence-corrected chi connectivity index (χ1v) is 5.88. The Morgan fingerprint density at radius 2 is 1.72 bits per heavy atom. The molecule has 0 radical (unpaired) electrons. The second kappa shape index (κ2) is 6.16. The van der Waals surface area contributed by atoms with Crippen LogP contribution in [0.25, 0.3) is 0 Å². The average Bonchev–Trinajstić information content (AvgIpc) is 2.39. The number of carboxylic acid groups (broad SMARTS) is 1. The van der Waals surface area contributed by atoms with Crippen LogP contribution in [-0.2, 0) is 4.79 Å². The Morgan fingerprint density at radius 1 is 1.22 bits per heavy atom. The van der Waals surface area contributed by atoms with Crippen LogP contribution < -0.4 is 5.73 Å². The van der Waals surface area contributed by atoms with Crippen molar-refractivity contribution in [2.24, 2.45) is 5.73 Å². The zero-order valence-electron chi connectivity index (χ0n) is 10.6. The first-order chi connectivity index (χ1) is 8.51. The van der Waals surface area contributed by atoms with Gasteiger partial charge in [-0.2, -0.15) is 0 Å². The van der Waals surface area contributed by atoms with E-state index < -0.39 is 12.0 Å². The van der Waals surface area contributed by atoms with Gasteiger partial charge in [-0.3, -0.25) is 9.59 Å². The summed E-state index contributed by atoms with van der Waals surface area (Å²) >= 11 is 0. The van der Waals surface area contributed by atoms with Crippen molar-refractivity contribution >= 4 is 11.9 Å². The first-order valence-electron chi connectivity index (χ1n) is 5.88. The second-order valence-corrected chi connectivity index (χ2v) is 3.92. The van der Waals surface area contributed by atoms with Crippen LogP contribution in [0.5, 0.6) is 0 Å². The Bertz CT molecular complexity index is 424. The van der Waals surface area contributed by atoms with E-state index in [-0.39, 0.29) is 5.91 Å². The van der Waals surface area contributed by atoms with Crippen LogP contribution in [0.2, 0.25) is 0 Å². The number of rotatable bonds is 5. The summed E-state index contributed by atoms with van der Waals surface area (Å²) in [4.78, 5) is 24.4. The molecule has 5 heteroatoms. The third kappa shape index (κ3) is 3.07. The minimum Gasteiger partial charge on any atom is -0.480 e. The lowest BCUT2D eigenvalue weighted by molar-refractivity contribution is -0.138. The van der Waals surface area contributed by atoms with Crippen molar-refractivity contribution in [3.63, 3.8) is 0 Å². The molecular formula is C13H18N2O3. The summed E-state index contributed by atoms with van der Waals surface area (Å²) in [6.07, 6.45) is 0. The fourth-order valence-corrected chi connectivity index (χ4v) is 1.67. The summed E-state index contributed by atoms with van der Waals surface area (Å²) in [5.41, 5.74) is 6.51. The van der Waals surface area contributed by atoms with Crippen LogP contribution in [0.3, 0.4) is 0 Å². The van der Waals surface area contributed by atoms with Crippen molar-refractivity contribution in [3.05, 3.63) is 35.4 Å². The maximum Gasteiger partial charge on any atom is 0.325 e. The number of aliphatic carboxylic acids is 1. The van der Waals surface area contributed by atoms with Gasteiger partial charge in [-0.1, -0.05) is 12.1 Å². The molecule has 1 aromatic carbocycles. The number of carbonyl (C=O) groups excluding carboxylic acids is 1. The van der Waals surface area contributed by atoms with Crippen LogP contribution >= 0.6 is 0 Å². The van der Waals surface area contributed by atoms with Crippen molar-refractivity contribution in [3.8, 4) is 0 Å². The van der Waals surface area contributed by atoms with Gasteiger partial charge in [0.05, 0.1) is 0 Å². The van der Waals surface area contributed by atoms with Crippen LogP contribution in [0.15, 0.2) is 24.3 Å². The van der Waals surface area contributed by atoms with Gasteiger partial charge in [0.25, 0.3) is 5.91 Å². The molecule has 5 nitrogen and oxygen atoms in total. The zero-order chi connectivity index (χ0) is 13.7. The monoisotopic (exact) mass is 250 g/mol. The Labute approximate surface area is 106 Å². The number of hydrogen-bond acceptors (Lipinski definition) is 3. The molecule has 0 saturated heterocycles. The molecule has 18 heavy (non-hydrogen) atoms. The van der Waals surface area contributed by atoms with Gasteiger partial charge < -0.3 is 15.7 Å². The lowest BCUT2D eigenvalue weighted by Crippen LogP contribution is -2.30. The van der Waals surface area contributed by atoms with Crippen LogP contribution in [0.4, 0.5) is 0 Å². The Morgan fingerprint density at radius 3 is 2.11 bits per heavy atom. The molecule has 0 fully saturated rings. The van der Waals surface area contributed by atoms with E-state index >= 15 is 0 Å². The molecule has 98 valence electrons. The van der Waals surface area contributed by atoms with Gasteiger partial charge in [0.15, 0.2) is 0 Å². The summed E-state index contributed by atoms with van der Waals surface area (Å²) in [7, 11) is 0. The smallest absolute Gasteiger partial charge is 0.325 e. The van der Waals surface area contributed by atoms with Crippen molar-refractivity contribution < 1.29 is 14.7 Å². The van der Waals surface area contributed by atoms with Gasteiger partial charge in [-0.15, -0.1) is 0 Å². The minimum absolute atomic E-state index is 0.0598. The largest absolute Gasteiger partial charge is 0.480 e. The molecule has 0 bridgehead atoms. The molecule has 1 atom stereocenters. The number of amides is 1. The molecule has 0 aliphatic carbocycles. The summed E-state index contributed by atoms with van der Waals surface area (Å²) in [5.74, 6) is -1.15. The summed E-state index contributed by atoms with van der Waals surface area (Å²) in [6.45, 7) is 5.11. The highest BCUT2D eigenvalue weighted by Crippen LogP contribution is 2.13. The first kappa shape index (κ1) is 14.2. The predicted octanol–water partition coefficient (Wildman–Crippen LogP) is 1.25. The van der Waals surface area contributed by atoms with Gasteiger partial charge in [-0.25, -0.2) is 0 Å². The lowest BCUT2D eigenvalue weighted by atomic mass is 10.1. The van der Waals surface area contributed by atoms with E-state index in [0.29, 0.717) is 24.2 Å². The number of nitrogens with zero attached hydrogens (tertiary/aromatic N) is 1. The van der Waals surface area contributed by atoms with Crippen molar-refractivity contribution in [2.45, 2.75) is 19.9 Å². The summed E-state index contributed by atoms with van der Waals surface area (Å²) in [5, 5.41) is 8.78. The van der Waals surface area contributed by atoms with Gasteiger partial charge in [-0.05, 0) is 31.5 Å². The highest BCUT2D eigenvalue weighted by molar-refractivity contribution is 5.94. The molecule has 1 aromatic rings. The Kier molecular flexibility index (Phi) is 4.85. The highest BCUT2D eigenvalue weighted by atomic mass is 16.4. The maximum atomic E-state index is 12.0. The number of hydrogen-bond donors (Lipinski definition) is 2. The summed E-state index contributed by atoms with van der Waals surface area (Å²) < 4.78 is 0. The van der Waals surface area contributed by atoms with E-state index in [0.717, 1.165) is 0 Å². The molecule has 0 heterocycles.